The molecule has 0 aliphatic carbocycles. The summed E-state index contributed by atoms with van der Waals surface area (Å²) in [5.74, 6) is 0.908. The average Bonchev–Trinajstić information content (AvgIpc) is 2.84. The number of aryl methyl sites for hydroxylation is 1. The molecule has 0 aliphatic heterocycles. The third kappa shape index (κ3) is 2.04. The smallest absolute Gasteiger partial charge is 0.178 e. The van der Waals surface area contributed by atoms with Crippen molar-refractivity contribution in [2.75, 3.05) is 5.73 Å². The molecular weight excluding hydrogens is 274 g/mol. The molecule has 2 heterocycles. The summed E-state index contributed by atoms with van der Waals surface area (Å²) in [6, 6.07) is 9.47. The lowest BCUT2D eigenvalue weighted by Gasteiger charge is -2.06. The Kier molecular flexibility index (Phi) is 3.16. The van der Waals surface area contributed by atoms with Crippen molar-refractivity contribution in [3.63, 3.8) is 0 Å². The number of nitrogens with zero attached hydrogens (tertiary/aromatic N) is 2. The first-order chi connectivity index (χ1) is 9.68. The zero-order chi connectivity index (χ0) is 14.1. The summed E-state index contributed by atoms with van der Waals surface area (Å²) in [7, 11) is 0. The molecule has 3 rings (SSSR count). The third-order valence-electron chi connectivity index (χ3n) is 3.12. The van der Waals surface area contributed by atoms with Gasteiger partial charge in [-0.05, 0) is 36.2 Å². The van der Waals surface area contributed by atoms with Gasteiger partial charge in [0.05, 0.1) is 10.6 Å². The van der Waals surface area contributed by atoms with Gasteiger partial charge in [0.15, 0.2) is 11.6 Å². The van der Waals surface area contributed by atoms with Crippen molar-refractivity contribution in [2.45, 2.75) is 6.92 Å². The first kappa shape index (κ1) is 12.7. The Hall–Kier alpha value is -2.33. The van der Waals surface area contributed by atoms with Gasteiger partial charge < -0.3 is 10.3 Å². The van der Waals surface area contributed by atoms with Gasteiger partial charge in [-0.3, -0.25) is 4.98 Å². The molecule has 100 valence electrons. The Labute approximate surface area is 121 Å². The second kappa shape index (κ2) is 4.98. The summed E-state index contributed by atoms with van der Waals surface area (Å²) in [5, 5.41) is 4.50. The van der Waals surface area contributed by atoms with E-state index in [9.17, 15) is 0 Å². The van der Waals surface area contributed by atoms with Crippen molar-refractivity contribution in [2.24, 2.45) is 0 Å². The Morgan fingerprint density at radius 3 is 2.65 bits per heavy atom. The molecular formula is C15H12ClN3O. The van der Waals surface area contributed by atoms with Crippen molar-refractivity contribution in [3.05, 3.63) is 53.3 Å². The largest absolute Gasteiger partial charge is 0.380 e. The molecule has 0 radical (unpaired) electrons. The van der Waals surface area contributed by atoms with Gasteiger partial charge in [-0.15, -0.1) is 0 Å². The van der Waals surface area contributed by atoms with Crippen LogP contribution in [0.15, 0.2) is 47.2 Å². The minimum Gasteiger partial charge on any atom is -0.380 e. The molecule has 20 heavy (non-hydrogen) atoms. The van der Waals surface area contributed by atoms with Crippen LogP contribution in [-0.4, -0.2) is 10.1 Å². The lowest BCUT2D eigenvalue weighted by atomic mass is 10.0. The predicted molar refractivity (Wildman–Crippen MR) is 79.3 cm³/mol. The highest BCUT2D eigenvalue weighted by molar-refractivity contribution is 6.34. The van der Waals surface area contributed by atoms with E-state index in [1.165, 1.54) is 0 Å². The van der Waals surface area contributed by atoms with E-state index in [4.69, 9.17) is 21.9 Å². The maximum absolute atomic E-state index is 6.36. The van der Waals surface area contributed by atoms with Crippen LogP contribution in [0.1, 0.15) is 5.56 Å². The predicted octanol–water partition coefficient (Wildman–Crippen LogP) is 3.95. The topological polar surface area (TPSA) is 64.9 Å². The monoisotopic (exact) mass is 285 g/mol. The molecule has 0 spiro atoms. The molecule has 0 fully saturated rings. The fourth-order valence-electron chi connectivity index (χ4n) is 2.11. The number of halogens is 1. The molecule has 2 aromatic heterocycles. The van der Waals surface area contributed by atoms with Crippen LogP contribution >= 0.6 is 11.6 Å². The van der Waals surface area contributed by atoms with Crippen molar-refractivity contribution >= 4 is 17.4 Å². The summed E-state index contributed by atoms with van der Waals surface area (Å²) < 4.78 is 5.39. The Balaban J connectivity index is 2.24. The summed E-state index contributed by atoms with van der Waals surface area (Å²) in [6.07, 6.45) is 3.40. The van der Waals surface area contributed by atoms with Gasteiger partial charge >= 0.3 is 0 Å². The molecule has 1 aromatic carbocycles. The molecule has 0 saturated carbocycles. The fraction of sp³-hybridized carbons (Fsp3) is 0.0667. The van der Waals surface area contributed by atoms with E-state index in [1.54, 1.807) is 12.4 Å². The van der Waals surface area contributed by atoms with E-state index in [2.05, 4.69) is 10.1 Å². The molecule has 0 unspecified atom stereocenters. The lowest BCUT2D eigenvalue weighted by molar-refractivity contribution is 0.436. The normalized spacial score (nSPS) is 10.7. The number of hydrogen-bond donors (Lipinski definition) is 1. The molecule has 4 nitrogen and oxygen atoms in total. The van der Waals surface area contributed by atoms with Gasteiger partial charge in [0.2, 0.25) is 0 Å². The number of anilines is 1. The molecule has 5 heteroatoms. The zero-order valence-electron chi connectivity index (χ0n) is 10.8. The van der Waals surface area contributed by atoms with Crippen LogP contribution in [-0.2, 0) is 0 Å². The maximum atomic E-state index is 6.36. The van der Waals surface area contributed by atoms with Crippen molar-refractivity contribution in [1.29, 1.82) is 0 Å². The van der Waals surface area contributed by atoms with Gasteiger partial charge in [0, 0.05) is 18.0 Å². The molecule has 0 atom stereocenters. The lowest BCUT2D eigenvalue weighted by Crippen LogP contribution is -1.89. The highest BCUT2D eigenvalue weighted by Gasteiger charge is 2.20. The Morgan fingerprint density at radius 2 is 1.90 bits per heavy atom. The summed E-state index contributed by atoms with van der Waals surface area (Å²) in [4.78, 5) is 4.00. The molecule has 0 amide bonds. The quantitative estimate of drug-likeness (QED) is 0.774. The summed E-state index contributed by atoms with van der Waals surface area (Å²) in [5.41, 5.74) is 9.31. The zero-order valence-corrected chi connectivity index (χ0v) is 11.6. The highest BCUT2D eigenvalue weighted by Crippen LogP contribution is 2.39. The summed E-state index contributed by atoms with van der Waals surface area (Å²) in [6.45, 7) is 1.94. The third-order valence-corrected chi connectivity index (χ3v) is 3.63. The van der Waals surface area contributed by atoms with Crippen LogP contribution in [0.5, 0.6) is 0 Å². The van der Waals surface area contributed by atoms with Gasteiger partial charge in [-0.25, -0.2) is 0 Å². The Bertz CT molecular complexity index is 753. The fourth-order valence-corrected chi connectivity index (χ4v) is 2.32. The van der Waals surface area contributed by atoms with E-state index in [0.717, 1.165) is 22.3 Å². The minimum absolute atomic E-state index is 0.337. The standard InChI is InChI=1S/C15H12ClN3O/c1-9-3-2-4-11(13(9)16)14-12(15(17)19-20-14)10-5-7-18-8-6-10/h2-8H,1H3,(H2,17,19). The second-order valence-electron chi connectivity index (χ2n) is 4.44. The van der Waals surface area contributed by atoms with Crippen LogP contribution in [0, 0.1) is 6.92 Å². The van der Waals surface area contributed by atoms with Gasteiger partial charge in [-0.2, -0.15) is 0 Å². The van der Waals surface area contributed by atoms with Crippen LogP contribution in [0.3, 0.4) is 0 Å². The van der Waals surface area contributed by atoms with Gasteiger partial charge in [0.1, 0.15) is 0 Å². The number of aromatic nitrogens is 2. The average molecular weight is 286 g/mol. The van der Waals surface area contributed by atoms with Crippen molar-refractivity contribution < 1.29 is 4.52 Å². The number of nitrogen functional groups attached to an aromatic ring is 1. The number of rotatable bonds is 2. The van der Waals surface area contributed by atoms with Crippen molar-refractivity contribution in [3.8, 4) is 22.5 Å². The molecule has 0 aliphatic rings. The molecule has 3 aromatic rings. The number of pyridine rings is 1. The van der Waals surface area contributed by atoms with Crippen LogP contribution in [0.4, 0.5) is 5.82 Å². The number of benzene rings is 1. The SMILES string of the molecule is Cc1cccc(-c2onc(N)c2-c2ccncc2)c1Cl. The Morgan fingerprint density at radius 1 is 1.15 bits per heavy atom. The van der Waals surface area contributed by atoms with Crippen LogP contribution in [0.2, 0.25) is 5.02 Å². The molecule has 2 N–H and O–H groups in total. The summed E-state index contributed by atoms with van der Waals surface area (Å²) >= 11 is 6.36. The van der Waals surface area contributed by atoms with Crippen molar-refractivity contribution in [1.82, 2.24) is 10.1 Å². The first-order valence-electron chi connectivity index (χ1n) is 6.09. The number of hydrogen-bond acceptors (Lipinski definition) is 4. The van der Waals surface area contributed by atoms with Crippen LogP contribution < -0.4 is 5.73 Å². The van der Waals surface area contributed by atoms with Crippen LogP contribution in [0.25, 0.3) is 22.5 Å². The van der Waals surface area contributed by atoms with E-state index >= 15 is 0 Å². The van der Waals surface area contributed by atoms with E-state index in [0.29, 0.717) is 16.6 Å². The minimum atomic E-state index is 0.337. The number of nitrogens with two attached hydrogens (primary N) is 1. The molecule has 0 bridgehead atoms. The van der Waals surface area contributed by atoms with Gasteiger partial charge in [-0.1, -0.05) is 28.9 Å². The second-order valence-corrected chi connectivity index (χ2v) is 4.82. The van der Waals surface area contributed by atoms with Gasteiger partial charge in [0.25, 0.3) is 0 Å². The maximum Gasteiger partial charge on any atom is 0.178 e. The first-order valence-corrected chi connectivity index (χ1v) is 6.47. The van der Waals surface area contributed by atoms with E-state index < -0.39 is 0 Å². The molecule has 0 saturated heterocycles. The van der Waals surface area contributed by atoms with E-state index in [-0.39, 0.29) is 0 Å². The van der Waals surface area contributed by atoms with E-state index in [1.807, 2.05) is 37.3 Å². The highest BCUT2D eigenvalue weighted by atomic mass is 35.5.